The summed E-state index contributed by atoms with van der Waals surface area (Å²) >= 11 is 16.1. The van der Waals surface area contributed by atoms with E-state index in [1.54, 1.807) is 24.3 Å². The summed E-state index contributed by atoms with van der Waals surface area (Å²) < 4.78 is 7.16. The van der Waals surface area contributed by atoms with Crippen molar-refractivity contribution in [1.29, 1.82) is 0 Å². The summed E-state index contributed by atoms with van der Waals surface area (Å²) in [6.45, 7) is 4.01. The second-order valence-corrected chi connectivity index (χ2v) is 10.5. The largest absolute Gasteiger partial charge is 0.486 e. The van der Waals surface area contributed by atoms with Crippen LogP contribution in [0.4, 0.5) is 22.7 Å². The molecule has 2 aliphatic rings. The number of carbonyl (C=O) groups is 1. The molecule has 3 aromatic carbocycles. The van der Waals surface area contributed by atoms with Crippen molar-refractivity contribution in [2.45, 2.75) is 32.2 Å². The molecular formula is C24H22BrCl2N5O2. The van der Waals surface area contributed by atoms with Gasteiger partial charge in [-0.2, -0.15) is 0 Å². The minimum Gasteiger partial charge on any atom is -0.486 e. The first-order chi connectivity index (χ1) is 16.2. The highest BCUT2D eigenvalue weighted by atomic mass is 79.9. The quantitative estimate of drug-likeness (QED) is 0.229. The van der Waals surface area contributed by atoms with Gasteiger partial charge in [0.05, 0.1) is 38.4 Å². The lowest BCUT2D eigenvalue weighted by Crippen LogP contribution is -2.32. The molecule has 0 aromatic heterocycles. The fourth-order valence-corrected chi connectivity index (χ4v) is 4.88. The minimum absolute atomic E-state index is 0.299. The summed E-state index contributed by atoms with van der Waals surface area (Å²) in [5.41, 5.74) is 9.71. The van der Waals surface area contributed by atoms with Gasteiger partial charge in [-0.1, -0.05) is 45.2 Å². The summed E-state index contributed by atoms with van der Waals surface area (Å²) in [4.78, 5) is 13.2. The summed E-state index contributed by atoms with van der Waals surface area (Å²) in [7, 11) is 0. The molecule has 0 saturated carbocycles. The van der Waals surface area contributed by atoms with Crippen LogP contribution in [0, 0.1) is 0 Å². The van der Waals surface area contributed by atoms with Crippen LogP contribution in [0.5, 0.6) is 5.75 Å². The van der Waals surface area contributed by atoms with Crippen molar-refractivity contribution in [2.75, 3.05) is 21.4 Å². The zero-order chi connectivity index (χ0) is 24.0. The lowest BCUT2D eigenvalue weighted by atomic mass is 9.97. The zero-order valence-electron chi connectivity index (χ0n) is 18.4. The molecule has 1 atom stereocenters. The van der Waals surface area contributed by atoms with Crippen molar-refractivity contribution < 1.29 is 9.53 Å². The molecular weight excluding hydrogens is 541 g/mol. The van der Waals surface area contributed by atoms with E-state index in [0.29, 0.717) is 33.5 Å². The molecule has 0 saturated heterocycles. The van der Waals surface area contributed by atoms with E-state index < -0.39 is 5.60 Å². The number of hydrogen-bond donors (Lipinski definition) is 5. The Morgan fingerprint density at radius 1 is 1.12 bits per heavy atom. The number of fused-ring (bicyclic) bond motifs is 3. The maximum absolute atomic E-state index is 13.2. The normalized spacial score (nSPS) is 17.0. The van der Waals surface area contributed by atoms with Gasteiger partial charge >= 0.3 is 0 Å². The van der Waals surface area contributed by atoms with Gasteiger partial charge in [0.15, 0.2) is 6.29 Å². The van der Waals surface area contributed by atoms with Crippen molar-refractivity contribution in [3.8, 4) is 5.75 Å². The van der Waals surface area contributed by atoms with Crippen molar-refractivity contribution >= 4 is 67.8 Å². The first-order valence-electron chi connectivity index (χ1n) is 10.6. The van der Waals surface area contributed by atoms with Gasteiger partial charge in [-0.05, 0) is 56.3 Å². The van der Waals surface area contributed by atoms with Crippen molar-refractivity contribution in [3.63, 3.8) is 0 Å². The number of halogens is 3. The highest BCUT2D eigenvalue weighted by Crippen LogP contribution is 2.48. The van der Waals surface area contributed by atoms with Crippen LogP contribution < -0.4 is 31.5 Å². The molecule has 2 aliphatic heterocycles. The molecule has 0 spiro atoms. The van der Waals surface area contributed by atoms with Crippen LogP contribution in [0.2, 0.25) is 10.0 Å². The highest BCUT2D eigenvalue weighted by molar-refractivity contribution is 9.10. The van der Waals surface area contributed by atoms with E-state index >= 15 is 0 Å². The number of hydrogen-bond acceptors (Lipinski definition) is 6. The predicted octanol–water partition coefficient (Wildman–Crippen LogP) is 6.46. The van der Waals surface area contributed by atoms with E-state index in [1.165, 1.54) is 0 Å². The molecule has 0 aliphatic carbocycles. The van der Waals surface area contributed by atoms with Gasteiger partial charge < -0.3 is 20.7 Å². The Morgan fingerprint density at radius 3 is 2.53 bits per heavy atom. The molecule has 0 fully saturated rings. The molecule has 34 heavy (non-hydrogen) atoms. The summed E-state index contributed by atoms with van der Waals surface area (Å²) in [6.07, 6.45) is 0.277. The maximum atomic E-state index is 13.2. The SMILES string of the molecule is CC1(C)Cc2c3c(cc(C(=O)NNc4ccc(Br)cc4)c2O1)NC(Nc1c(Cl)cccc1Cl)N3. The first kappa shape index (κ1) is 23.0. The molecule has 7 nitrogen and oxygen atoms in total. The molecule has 5 rings (SSSR count). The van der Waals surface area contributed by atoms with E-state index in [1.807, 2.05) is 38.1 Å². The second kappa shape index (κ2) is 8.76. The van der Waals surface area contributed by atoms with Crippen LogP contribution in [0.1, 0.15) is 29.8 Å². The number of para-hydroxylation sites is 1. The van der Waals surface area contributed by atoms with Gasteiger partial charge in [0.25, 0.3) is 5.91 Å². The topological polar surface area (TPSA) is 86.5 Å². The predicted molar refractivity (Wildman–Crippen MR) is 141 cm³/mol. The highest BCUT2D eigenvalue weighted by Gasteiger charge is 2.39. The smallest absolute Gasteiger partial charge is 0.273 e. The summed E-state index contributed by atoms with van der Waals surface area (Å²) in [6, 6.07) is 14.6. The minimum atomic E-state index is -0.440. The van der Waals surface area contributed by atoms with E-state index in [4.69, 9.17) is 27.9 Å². The third-order valence-corrected chi connectivity index (χ3v) is 6.77. The van der Waals surface area contributed by atoms with Crippen molar-refractivity contribution in [3.05, 3.63) is 74.2 Å². The number of nitrogens with one attached hydrogen (secondary N) is 5. The van der Waals surface area contributed by atoms with Crippen LogP contribution >= 0.6 is 39.1 Å². The lowest BCUT2D eigenvalue weighted by molar-refractivity contribution is 0.0948. The van der Waals surface area contributed by atoms with Crippen LogP contribution in [-0.2, 0) is 6.42 Å². The maximum Gasteiger partial charge on any atom is 0.273 e. The molecule has 2 heterocycles. The van der Waals surface area contributed by atoms with E-state index in [0.717, 1.165) is 27.1 Å². The summed E-state index contributed by atoms with van der Waals surface area (Å²) in [5, 5.41) is 11.1. The number of anilines is 4. The third kappa shape index (κ3) is 4.45. The Balaban J connectivity index is 1.41. The van der Waals surface area contributed by atoms with Crippen LogP contribution in [0.3, 0.4) is 0 Å². The average Bonchev–Trinajstić information content (AvgIpc) is 3.34. The fourth-order valence-electron chi connectivity index (χ4n) is 4.11. The monoisotopic (exact) mass is 561 g/mol. The molecule has 176 valence electrons. The Bertz CT molecular complexity index is 1260. The Kier molecular flexibility index (Phi) is 5.91. The number of rotatable bonds is 5. The molecule has 0 bridgehead atoms. The molecule has 1 amide bonds. The second-order valence-electron chi connectivity index (χ2n) is 8.74. The van der Waals surface area contributed by atoms with Crippen LogP contribution in [0.15, 0.2) is 53.0 Å². The lowest BCUT2D eigenvalue weighted by Gasteiger charge is -2.19. The summed E-state index contributed by atoms with van der Waals surface area (Å²) in [5.74, 6) is 0.275. The molecule has 0 radical (unpaired) electrons. The number of benzene rings is 3. The first-order valence-corrected chi connectivity index (χ1v) is 12.2. The van der Waals surface area contributed by atoms with Crippen LogP contribution in [-0.4, -0.2) is 17.8 Å². The van der Waals surface area contributed by atoms with Gasteiger partial charge in [-0.15, -0.1) is 0 Å². The van der Waals surface area contributed by atoms with Gasteiger partial charge in [-0.3, -0.25) is 15.6 Å². The Labute approximate surface area is 215 Å². The standard InChI is InChI=1S/C24H22BrCl2N5O2/c1-24(2)11-15-19-18(28-23(29-19)30-20-16(26)4-3-5-17(20)27)10-14(21(15)34-24)22(33)32-31-13-8-6-12(25)7-9-13/h3-10,23,28-31H,11H2,1-2H3,(H,32,33). The molecule has 1 unspecified atom stereocenters. The van der Waals surface area contributed by atoms with E-state index in [-0.39, 0.29) is 12.2 Å². The van der Waals surface area contributed by atoms with Crippen molar-refractivity contribution in [2.24, 2.45) is 0 Å². The average molecular weight is 563 g/mol. The van der Waals surface area contributed by atoms with Gasteiger partial charge in [0.1, 0.15) is 11.4 Å². The number of carbonyl (C=O) groups excluding carboxylic acids is 1. The number of hydrazine groups is 1. The number of amides is 1. The van der Waals surface area contributed by atoms with Crippen LogP contribution in [0.25, 0.3) is 0 Å². The zero-order valence-corrected chi connectivity index (χ0v) is 21.5. The van der Waals surface area contributed by atoms with Crippen molar-refractivity contribution in [1.82, 2.24) is 5.43 Å². The fraction of sp³-hybridized carbons (Fsp3) is 0.208. The van der Waals surface area contributed by atoms with E-state index in [9.17, 15) is 4.79 Å². The number of ether oxygens (including phenoxy) is 1. The molecule has 10 heteroatoms. The van der Waals surface area contributed by atoms with Gasteiger partial charge in [0.2, 0.25) is 0 Å². The van der Waals surface area contributed by atoms with Gasteiger partial charge in [-0.25, -0.2) is 0 Å². The molecule has 3 aromatic rings. The Hall–Kier alpha value is -2.81. The Morgan fingerprint density at radius 2 is 1.82 bits per heavy atom. The molecule has 5 N–H and O–H groups in total. The van der Waals surface area contributed by atoms with E-state index in [2.05, 4.69) is 42.7 Å². The third-order valence-electron chi connectivity index (χ3n) is 5.61. The van der Waals surface area contributed by atoms with Gasteiger partial charge in [0, 0.05) is 16.5 Å².